The molecule has 0 aliphatic heterocycles. The zero-order valence-corrected chi connectivity index (χ0v) is 10.5. The predicted octanol–water partition coefficient (Wildman–Crippen LogP) is 3.04. The molecular formula is C13H19NO3. The topological polar surface area (TPSA) is 47.6 Å². The van der Waals surface area contributed by atoms with Crippen molar-refractivity contribution in [3.05, 3.63) is 29.8 Å². The molecule has 17 heavy (non-hydrogen) atoms. The molecule has 94 valence electrons. The Labute approximate surface area is 102 Å². The van der Waals surface area contributed by atoms with E-state index in [2.05, 4.69) is 5.32 Å². The molecule has 4 heteroatoms. The summed E-state index contributed by atoms with van der Waals surface area (Å²) in [5.41, 5.74) is 1.92. The molecule has 1 aromatic rings. The molecule has 0 radical (unpaired) electrons. The van der Waals surface area contributed by atoms with Crippen LogP contribution in [0.25, 0.3) is 0 Å². The van der Waals surface area contributed by atoms with Gasteiger partial charge in [-0.15, -0.1) is 0 Å². The van der Waals surface area contributed by atoms with Gasteiger partial charge in [0.2, 0.25) is 0 Å². The fourth-order valence-corrected chi connectivity index (χ4v) is 1.24. The molecule has 1 N–H and O–H groups in total. The molecule has 0 aromatic heterocycles. The van der Waals surface area contributed by atoms with Crippen molar-refractivity contribution in [3.63, 3.8) is 0 Å². The SMILES string of the molecule is CNc1cccc(COC(=O)OCC(C)C)c1. The lowest BCUT2D eigenvalue weighted by molar-refractivity contribution is 0.0425. The van der Waals surface area contributed by atoms with Gasteiger partial charge in [-0.05, 0) is 23.6 Å². The number of carbonyl (C=O) groups is 1. The number of nitrogens with one attached hydrogen (secondary N) is 1. The van der Waals surface area contributed by atoms with E-state index in [1.165, 1.54) is 0 Å². The first kappa shape index (κ1) is 13.4. The van der Waals surface area contributed by atoms with Gasteiger partial charge in [0.25, 0.3) is 0 Å². The highest BCUT2D eigenvalue weighted by Gasteiger charge is 2.05. The predicted molar refractivity (Wildman–Crippen MR) is 67.0 cm³/mol. The number of hydrogen-bond acceptors (Lipinski definition) is 4. The zero-order chi connectivity index (χ0) is 12.7. The van der Waals surface area contributed by atoms with Crippen LogP contribution >= 0.6 is 0 Å². The molecule has 0 saturated carbocycles. The standard InChI is InChI=1S/C13H19NO3/c1-10(2)8-16-13(15)17-9-11-5-4-6-12(7-11)14-3/h4-7,10,14H,8-9H2,1-3H3. The van der Waals surface area contributed by atoms with E-state index in [9.17, 15) is 4.79 Å². The van der Waals surface area contributed by atoms with E-state index in [0.29, 0.717) is 12.5 Å². The molecule has 1 aromatic carbocycles. The Kier molecular flexibility index (Phi) is 5.33. The Balaban J connectivity index is 2.36. The first-order chi connectivity index (χ1) is 8.11. The van der Waals surface area contributed by atoms with Crippen molar-refractivity contribution in [1.82, 2.24) is 0 Å². The highest BCUT2D eigenvalue weighted by molar-refractivity contribution is 5.60. The minimum Gasteiger partial charge on any atom is -0.434 e. The van der Waals surface area contributed by atoms with Crippen molar-refractivity contribution >= 4 is 11.8 Å². The maximum absolute atomic E-state index is 11.2. The third-order valence-electron chi connectivity index (χ3n) is 2.11. The van der Waals surface area contributed by atoms with E-state index in [1.54, 1.807) is 0 Å². The van der Waals surface area contributed by atoms with Crippen LogP contribution in [0.15, 0.2) is 24.3 Å². The average Bonchev–Trinajstić information content (AvgIpc) is 2.34. The number of hydrogen-bond donors (Lipinski definition) is 1. The Morgan fingerprint density at radius 1 is 1.35 bits per heavy atom. The van der Waals surface area contributed by atoms with Crippen LogP contribution in [0.4, 0.5) is 10.5 Å². The Hall–Kier alpha value is -1.71. The molecule has 0 spiro atoms. The van der Waals surface area contributed by atoms with Crippen molar-refractivity contribution in [2.75, 3.05) is 19.0 Å². The van der Waals surface area contributed by atoms with Crippen LogP contribution in [0.5, 0.6) is 0 Å². The molecule has 4 nitrogen and oxygen atoms in total. The Morgan fingerprint density at radius 3 is 2.76 bits per heavy atom. The summed E-state index contributed by atoms with van der Waals surface area (Å²) < 4.78 is 9.89. The van der Waals surface area contributed by atoms with E-state index in [4.69, 9.17) is 9.47 Å². The van der Waals surface area contributed by atoms with Crippen LogP contribution in [0.3, 0.4) is 0 Å². The molecule has 0 amide bonds. The summed E-state index contributed by atoms with van der Waals surface area (Å²) >= 11 is 0. The average molecular weight is 237 g/mol. The summed E-state index contributed by atoms with van der Waals surface area (Å²) in [6.07, 6.45) is -0.617. The lowest BCUT2D eigenvalue weighted by atomic mass is 10.2. The molecule has 0 atom stereocenters. The van der Waals surface area contributed by atoms with E-state index in [-0.39, 0.29) is 6.61 Å². The number of ether oxygens (including phenoxy) is 2. The summed E-state index contributed by atoms with van der Waals surface area (Å²) in [5, 5.41) is 3.02. The van der Waals surface area contributed by atoms with Crippen LogP contribution in [0.1, 0.15) is 19.4 Å². The van der Waals surface area contributed by atoms with Gasteiger partial charge in [0.15, 0.2) is 0 Å². The minimum atomic E-state index is -0.617. The Bertz CT molecular complexity index is 363. The van der Waals surface area contributed by atoms with Gasteiger partial charge in [-0.1, -0.05) is 26.0 Å². The molecule has 1 rings (SSSR count). The van der Waals surface area contributed by atoms with E-state index < -0.39 is 6.16 Å². The molecular weight excluding hydrogens is 218 g/mol. The Morgan fingerprint density at radius 2 is 2.12 bits per heavy atom. The fraction of sp³-hybridized carbons (Fsp3) is 0.462. The zero-order valence-electron chi connectivity index (χ0n) is 10.5. The molecule has 0 aliphatic rings. The molecule has 0 saturated heterocycles. The normalized spacial score (nSPS) is 10.1. The fourth-order valence-electron chi connectivity index (χ4n) is 1.24. The van der Waals surface area contributed by atoms with Crippen LogP contribution in [-0.2, 0) is 16.1 Å². The number of rotatable bonds is 5. The van der Waals surface area contributed by atoms with Gasteiger partial charge in [0.1, 0.15) is 6.61 Å². The third-order valence-corrected chi connectivity index (χ3v) is 2.11. The second-order valence-corrected chi connectivity index (χ2v) is 4.19. The summed E-state index contributed by atoms with van der Waals surface area (Å²) in [6, 6.07) is 7.68. The van der Waals surface area contributed by atoms with Crippen molar-refractivity contribution in [2.24, 2.45) is 5.92 Å². The van der Waals surface area contributed by atoms with Crippen LogP contribution in [0, 0.1) is 5.92 Å². The third kappa shape index (κ3) is 5.24. The van der Waals surface area contributed by atoms with Crippen LogP contribution < -0.4 is 5.32 Å². The minimum absolute atomic E-state index is 0.229. The van der Waals surface area contributed by atoms with E-state index in [0.717, 1.165) is 11.3 Å². The maximum atomic E-state index is 11.2. The van der Waals surface area contributed by atoms with Crippen molar-refractivity contribution in [1.29, 1.82) is 0 Å². The monoisotopic (exact) mass is 237 g/mol. The highest BCUT2D eigenvalue weighted by Crippen LogP contribution is 2.11. The summed E-state index contributed by atoms with van der Waals surface area (Å²) in [6.45, 7) is 4.56. The van der Waals surface area contributed by atoms with Crippen molar-refractivity contribution in [3.8, 4) is 0 Å². The summed E-state index contributed by atoms with van der Waals surface area (Å²) in [5.74, 6) is 0.315. The van der Waals surface area contributed by atoms with Gasteiger partial charge in [0, 0.05) is 12.7 Å². The van der Waals surface area contributed by atoms with E-state index in [1.807, 2.05) is 45.2 Å². The number of anilines is 1. The number of benzene rings is 1. The van der Waals surface area contributed by atoms with Crippen LogP contribution in [-0.4, -0.2) is 19.8 Å². The maximum Gasteiger partial charge on any atom is 0.508 e. The van der Waals surface area contributed by atoms with Crippen molar-refractivity contribution in [2.45, 2.75) is 20.5 Å². The van der Waals surface area contributed by atoms with Crippen molar-refractivity contribution < 1.29 is 14.3 Å². The van der Waals surface area contributed by atoms with Gasteiger partial charge in [0.05, 0.1) is 6.61 Å². The summed E-state index contributed by atoms with van der Waals surface area (Å²) in [4.78, 5) is 11.2. The molecule has 0 unspecified atom stereocenters. The first-order valence-electron chi connectivity index (χ1n) is 5.68. The molecule has 0 fully saturated rings. The molecule has 0 heterocycles. The quantitative estimate of drug-likeness (QED) is 0.800. The second-order valence-electron chi connectivity index (χ2n) is 4.19. The first-order valence-corrected chi connectivity index (χ1v) is 5.68. The largest absolute Gasteiger partial charge is 0.508 e. The molecule has 0 aliphatic carbocycles. The second kappa shape index (κ2) is 6.78. The smallest absolute Gasteiger partial charge is 0.434 e. The molecule has 0 bridgehead atoms. The van der Waals surface area contributed by atoms with Gasteiger partial charge < -0.3 is 14.8 Å². The van der Waals surface area contributed by atoms with Gasteiger partial charge in [-0.2, -0.15) is 0 Å². The van der Waals surface area contributed by atoms with Gasteiger partial charge in [-0.3, -0.25) is 0 Å². The summed E-state index contributed by atoms with van der Waals surface area (Å²) in [7, 11) is 1.84. The lowest BCUT2D eigenvalue weighted by Gasteiger charge is -2.08. The lowest BCUT2D eigenvalue weighted by Crippen LogP contribution is -2.11. The van der Waals surface area contributed by atoms with Gasteiger partial charge in [-0.25, -0.2) is 4.79 Å². The van der Waals surface area contributed by atoms with Gasteiger partial charge >= 0.3 is 6.16 Å². The van der Waals surface area contributed by atoms with Crippen LogP contribution in [0.2, 0.25) is 0 Å². The van der Waals surface area contributed by atoms with E-state index >= 15 is 0 Å². The number of carbonyl (C=O) groups excluding carboxylic acids is 1. The highest BCUT2D eigenvalue weighted by atomic mass is 16.7.